The zero-order chi connectivity index (χ0) is 22.1. The molecule has 4 nitrogen and oxygen atoms in total. The molecule has 0 unspecified atom stereocenters. The fourth-order valence-corrected chi connectivity index (χ4v) is 4.38. The smallest absolute Gasteiger partial charge is 0.264 e. The SMILES string of the molecule is O=C1NC(=Nc2ccc(F)cc2)S/C1=C/c1ccc2c(ccn2Cc2cccc(F)c2)c1. The molecule has 158 valence electrons. The van der Waals surface area contributed by atoms with Crippen molar-refractivity contribution in [2.75, 3.05) is 0 Å². The van der Waals surface area contributed by atoms with Crippen LogP contribution in [0.4, 0.5) is 14.5 Å². The summed E-state index contributed by atoms with van der Waals surface area (Å²) in [5.41, 5.74) is 3.37. The lowest BCUT2D eigenvalue weighted by atomic mass is 10.1. The van der Waals surface area contributed by atoms with Crippen LogP contribution in [0.15, 0.2) is 88.9 Å². The van der Waals surface area contributed by atoms with E-state index in [9.17, 15) is 13.6 Å². The summed E-state index contributed by atoms with van der Waals surface area (Å²) >= 11 is 1.24. The first-order valence-electron chi connectivity index (χ1n) is 9.92. The number of aromatic nitrogens is 1. The lowest BCUT2D eigenvalue weighted by Crippen LogP contribution is -2.19. The standard InChI is InChI=1S/C25H17F2N3OS/c26-19-5-7-21(8-6-19)28-25-29-24(31)23(32-25)14-16-4-9-22-18(12-16)10-11-30(22)15-17-2-1-3-20(27)13-17/h1-14H,15H2,(H,28,29,31)/b23-14+. The zero-order valence-electron chi connectivity index (χ0n) is 16.8. The fraction of sp³-hybridized carbons (Fsp3) is 0.0400. The Kier molecular flexibility index (Phi) is 5.33. The van der Waals surface area contributed by atoms with Crippen molar-refractivity contribution in [1.29, 1.82) is 0 Å². The summed E-state index contributed by atoms with van der Waals surface area (Å²) in [6.07, 6.45) is 3.79. The largest absolute Gasteiger partial charge is 0.343 e. The number of amides is 1. The molecule has 1 amide bonds. The second-order valence-corrected chi connectivity index (χ2v) is 8.38. The van der Waals surface area contributed by atoms with Crippen LogP contribution in [0.5, 0.6) is 0 Å². The molecule has 1 aromatic heterocycles. The molecule has 32 heavy (non-hydrogen) atoms. The minimum atomic E-state index is -0.335. The van der Waals surface area contributed by atoms with Crippen LogP contribution in [0.1, 0.15) is 11.1 Å². The number of carbonyl (C=O) groups is 1. The molecule has 0 bridgehead atoms. The molecular formula is C25H17F2N3OS. The average molecular weight is 445 g/mol. The van der Waals surface area contributed by atoms with Crippen LogP contribution in [-0.2, 0) is 11.3 Å². The highest BCUT2D eigenvalue weighted by atomic mass is 32.2. The third kappa shape index (κ3) is 4.33. The van der Waals surface area contributed by atoms with Gasteiger partial charge in [0, 0.05) is 23.6 Å². The van der Waals surface area contributed by atoms with Crippen LogP contribution in [-0.4, -0.2) is 15.6 Å². The summed E-state index contributed by atoms with van der Waals surface area (Å²) in [5, 5.41) is 4.22. The number of nitrogens with one attached hydrogen (secondary N) is 1. The molecule has 1 fully saturated rings. The van der Waals surface area contributed by atoms with Crippen molar-refractivity contribution in [1.82, 2.24) is 9.88 Å². The molecule has 0 spiro atoms. The van der Waals surface area contributed by atoms with E-state index in [2.05, 4.69) is 14.9 Å². The summed E-state index contributed by atoms with van der Waals surface area (Å²) in [6.45, 7) is 0.573. The second-order valence-electron chi connectivity index (χ2n) is 7.35. The Balaban J connectivity index is 1.37. The summed E-state index contributed by atoms with van der Waals surface area (Å²) in [6, 6.07) is 20.3. The van der Waals surface area contributed by atoms with E-state index in [-0.39, 0.29) is 17.5 Å². The predicted molar refractivity (Wildman–Crippen MR) is 125 cm³/mol. The third-order valence-electron chi connectivity index (χ3n) is 5.04. The predicted octanol–water partition coefficient (Wildman–Crippen LogP) is 5.86. The molecule has 5 rings (SSSR count). The molecule has 2 heterocycles. The lowest BCUT2D eigenvalue weighted by Gasteiger charge is -2.06. The molecule has 3 aromatic carbocycles. The molecule has 4 aromatic rings. The molecule has 0 aliphatic carbocycles. The van der Waals surface area contributed by atoms with Crippen LogP contribution >= 0.6 is 11.8 Å². The van der Waals surface area contributed by atoms with Crippen LogP contribution in [0.2, 0.25) is 0 Å². The Bertz CT molecular complexity index is 1390. The Labute approximate surface area is 187 Å². The van der Waals surface area contributed by atoms with Crippen molar-refractivity contribution in [3.8, 4) is 0 Å². The minimum absolute atomic E-state index is 0.223. The van der Waals surface area contributed by atoms with Gasteiger partial charge >= 0.3 is 0 Å². The van der Waals surface area contributed by atoms with Crippen molar-refractivity contribution in [2.24, 2.45) is 4.99 Å². The van der Waals surface area contributed by atoms with Crippen molar-refractivity contribution in [3.05, 3.63) is 107 Å². The number of amidine groups is 1. The first-order chi connectivity index (χ1) is 15.5. The number of aliphatic imine (C=N–C) groups is 1. The van der Waals surface area contributed by atoms with E-state index in [1.54, 1.807) is 18.2 Å². The van der Waals surface area contributed by atoms with Crippen molar-refractivity contribution in [3.63, 3.8) is 0 Å². The fourth-order valence-electron chi connectivity index (χ4n) is 3.54. The van der Waals surface area contributed by atoms with Crippen LogP contribution < -0.4 is 5.32 Å². The van der Waals surface area contributed by atoms with Crippen molar-refractivity contribution < 1.29 is 13.6 Å². The Morgan fingerprint density at radius 1 is 0.969 bits per heavy atom. The molecule has 0 saturated carbocycles. The van der Waals surface area contributed by atoms with E-state index in [0.29, 0.717) is 22.3 Å². The van der Waals surface area contributed by atoms with Gasteiger partial charge < -0.3 is 9.88 Å². The number of rotatable bonds is 4. The number of hydrogen-bond donors (Lipinski definition) is 1. The Hall–Kier alpha value is -3.71. The van der Waals surface area contributed by atoms with Gasteiger partial charge in [-0.3, -0.25) is 4.79 Å². The van der Waals surface area contributed by atoms with Gasteiger partial charge in [0.2, 0.25) is 0 Å². The van der Waals surface area contributed by atoms with Crippen molar-refractivity contribution >= 4 is 45.5 Å². The molecule has 1 N–H and O–H groups in total. The molecule has 1 aliphatic heterocycles. The first-order valence-corrected chi connectivity index (χ1v) is 10.7. The number of hydrogen-bond acceptors (Lipinski definition) is 3. The lowest BCUT2D eigenvalue weighted by molar-refractivity contribution is -0.115. The van der Waals surface area contributed by atoms with Gasteiger partial charge in [-0.25, -0.2) is 13.8 Å². The topological polar surface area (TPSA) is 46.4 Å². The normalized spacial score (nSPS) is 16.2. The van der Waals surface area contributed by atoms with E-state index in [0.717, 1.165) is 22.0 Å². The van der Waals surface area contributed by atoms with Crippen molar-refractivity contribution in [2.45, 2.75) is 6.54 Å². The van der Waals surface area contributed by atoms with E-state index < -0.39 is 0 Å². The third-order valence-corrected chi connectivity index (χ3v) is 5.95. The summed E-state index contributed by atoms with van der Waals surface area (Å²) in [7, 11) is 0. The number of nitrogens with zero attached hydrogens (tertiary/aromatic N) is 2. The maximum Gasteiger partial charge on any atom is 0.264 e. The summed E-state index contributed by atoms with van der Waals surface area (Å²) in [5.74, 6) is -0.806. The van der Waals surface area contributed by atoms with Crippen LogP contribution in [0.3, 0.4) is 0 Å². The summed E-state index contributed by atoms with van der Waals surface area (Å²) < 4.78 is 28.6. The van der Waals surface area contributed by atoms with Gasteiger partial charge in [0.1, 0.15) is 11.6 Å². The number of thioether (sulfide) groups is 1. The van der Waals surface area contributed by atoms with Gasteiger partial charge in [-0.05, 0) is 83.6 Å². The Morgan fingerprint density at radius 2 is 1.81 bits per heavy atom. The highest BCUT2D eigenvalue weighted by Gasteiger charge is 2.23. The van der Waals surface area contributed by atoms with Crippen LogP contribution in [0, 0.1) is 11.6 Å². The molecule has 0 radical (unpaired) electrons. The van der Waals surface area contributed by atoms with E-state index in [1.165, 1.54) is 36.0 Å². The minimum Gasteiger partial charge on any atom is -0.343 e. The highest BCUT2D eigenvalue weighted by Crippen LogP contribution is 2.29. The number of fused-ring (bicyclic) bond motifs is 1. The van der Waals surface area contributed by atoms with Gasteiger partial charge in [-0.1, -0.05) is 18.2 Å². The maximum atomic E-state index is 13.5. The van der Waals surface area contributed by atoms with Gasteiger partial charge in [-0.2, -0.15) is 0 Å². The van der Waals surface area contributed by atoms with E-state index in [1.807, 2.05) is 42.6 Å². The van der Waals surface area contributed by atoms with Gasteiger partial charge in [0.25, 0.3) is 5.91 Å². The average Bonchev–Trinajstić information content (AvgIpc) is 3.32. The maximum absolute atomic E-state index is 13.5. The van der Waals surface area contributed by atoms with Crippen LogP contribution in [0.25, 0.3) is 17.0 Å². The Morgan fingerprint density at radius 3 is 2.62 bits per heavy atom. The molecule has 0 atom stereocenters. The quantitative estimate of drug-likeness (QED) is 0.400. The van der Waals surface area contributed by atoms with E-state index >= 15 is 0 Å². The number of halogens is 2. The van der Waals surface area contributed by atoms with Gasteiger partial charge in [-0.15, -0.1) is 0 Å². The molecule has 1 saturated heterocycles. The second kappa shape index (κ2) is 8.43. The first kappa shape index (κ1) is 20.2. The van der Waals surface area contributed by atoms with Gasteiger partial charge in [0.05, 0.1) is 10.6 Å². The molecule has 7 heteroatoms. The number of carbonyl (C=O) groups excluding carboxylic acids is 1. The zero-order valence-corrected chi connectivity index (χ0v) is 17.6. The molecule has 1 aliphatic rings. The molecular weight excluding hydrogens is 428 g/mol. The number of benzene rings is 3. The monoisotopic (exact) mass is 445 g/mol. The van der Waals surface area contributed by atoms with E-state index in [4.69, 9.17) is 0 Å². The summed E-state index contributed by atoms with van der Waals surface area (Å²) in [4.78, 5) is 17.2. The van der Waals surface area contributed by atoms with Gasteiger partial charge in [0.15, 0.2) is 5.17 Å². The highest BCUT2D eigenvalue weighted by molar-refractivity contribution is 8.18.